The normalized spacial score (nSPS) is 21.6. The summed E-state index contributed by atoms with van der Waals surface area (Å²) in [4.78, 5) is 0.789. The summed E-state index contributed by atoms with van der Waals surface area (Å²) in [5.74, 6) is 1.11. The minimum absolute atomic E-state index is 0.163. The molecule has 1 aromatic rings. The molecule has 10 heteroatoms. The highest BCUT2D eigenvalue weighted by atomic mass is 35.5. The van der Waals surface area contributed by atoms with Crippen LogP contribution in [0.4, 0.5) is 0 Å². The highest BCUT2D eigenvalue weighted by Crippen LogP contribution is 2.33. The van der Waals surface area contributed by atoms with Gasteiger partial charge in [-0.2, -0.15) is 16.1 Å². The fourth-order valence-corrected chi connectivity index (χ4v) is 9.16. The van der Waals surface area contributed by atoms with Crippen LogP contribution in [0, 0.1) is 6.92 Å². The quantitative estimate of drug-likeness (QED) is 0.735. The van der Waals surface area contributed by atoms with Gasteiger partial charge in [-0.15, -0.1) is 22.9 Å². The van der Waals surface area contributed by atoms with E-state index >= 15 is 0 Å². The number of hydrogen-bond acceptors (Lipinski definition) is 6. The lowest BCUT2D eigenvalue weighted by Gasteiger charge is -2.32. The molecule has 0 aromatic carbocycles. The van der Waals surface area contributed by atoms with Crippen molar-refractivity contribution < 1.29 is 16.8 Å². The summed E-state index contributed by atoms with van der Waals surface area (Å²) in [5, 5.41) is -0.997. The Morgan fingerprint density at radius 1 is 1.38 bits per heavy atom. The Bertz CT molecular complexity index is 725. The fraction of sp³-hybridized carbons (Fsp3) is 0.636. The number of nitrogens with zero attached hydrogens (tertiary/aromatic N) is 1. The van der Waals surface area contributed by atoms with Crippen molar-refractivity contribution in [1.29, 1.82) is 0 Å². The molecule has 0 aliphatic carbocycles. The second-order valence-corrected chi connectivity index (χ2v) is 11.7. The Morgan fingerprint density at radius 3 is 2.57 bits per heavy atom. The molecule has 1 aliphatic heterocycles. The van der Waals surface area contributed by atoms with E-state index in [4.69, 9.17) is 11.6 Å². The molecule has 0 radical (unpaired) electrons. The second-order valence-electron chi connectivity index (χ2n) is 4.78. The van der Waals surface area contributed by atoms with Gasteiger partial charge in [0, 0.05) is 29.2 Å². The van der Waals surface area contributed by atoms with Crippen molar-refractivity contribution in [3.05, 3.63) is 16.5 Å². The van der Waals surface area contributed by atoms with Crippen LogP contribution in [0.1, 0.15) is 10.4 Å². The van der Waals surface area contributed by atoms with Gasteiger partial charge in [0.1, 0.15) is 9.58 Å². The van der Waals surface area contributed by atoms with E-state index in [-0.39, 0.29) is 22.4 Å². The molecule has 1 aliphatic rings. The first-order chi connectivity index (χ1) is 9.67. The molecule has 1 unspecified atom stereocenters. The number of thiophene rings is 1. The first-order valence-corrected chi connectivity index (χ1v) is 12.0. The predicted molar refractivity (Wildman–Crippen MR) is 88.5 cm³/mol. The van der Waals surface area contributed by atoms with Crippen LogP contribution in [-0.2, 0) is 25.7 Å². The standard InChI is InChI=1S/C11H16ClNO4S4/c1-8-5-11(19-9(8)6-12)21(16,17)13-3-4-18-7-10(13)20(2,14)15/h5,10H,3-4,6-7H2,1-2H3. The first kappa shape index (κ1) is 17.6. The number of sulfone groups is 1. The van der Waals surface area contributed by atoms with Crippen molar-refractivity contribution in [3.8, 4) is 0 Å². The molecule has 21 heavy (non-hydrogen) atoms. The number of hydrogen-bond donors (Lipinski definition) is 0. The number of halogens is 1. The van der Waals surface area contributed by atoms with Crippen molar-refractivity contribution >= 4 is 54.6 Å². The van der Waals surface area contributed by atoms with E-state index in [1.54, 1.807) is 13.0 Å². The number of alkyl halides is 1. The molecule has 120 valence electrons. The maximum absolute atomic E-state index is 12.7. The van der Waals surface area contributed by atoms with Crippen LogP contribution in [0.25, 0.3) is 0 Å². The van der Waals surface area contributed by atoms with Gasteiger partial charge in [0.05, 0.1) is 5.88 Å². The SMILES string of the molecule is Cc1cc(S(=O)(=O)N2CCSCC2S(C)(=O)=O)sc1CCl. The molecule has 2 heterocycles. The Labute approximate surface area is 138 Å². The number of sulfonamides is 1. The Balaban J connectivity index is 2.45. The van der Waals surface area contributed by atoms with Crippen LogP contribution in [0.5, 0.6) is 0 Å². The molecule has 5 nitrogen and oxygen atoms in total. The van der Waals surface area contributed by atoms with Gasteiger partial charge >= 0.3 is 0 Å². The molecule has 0 saturated carbocycles. The molecular formula is C11H16ClNO4S4. The Morgan fingerprint density at radius 2 is 2.05 bits per heavy atom. The molecule has 2 rings (SSSR count). The summed E-state index contributed by atoms with van der Waals surface area (Å²) < 4.78 is 50.5. The van der Waals surface area contributed by atoms with Crippen molar-refractivity contribution in [2.24, 2.45) is 0 Å². The molecule has 0 amide bonds. The number of rotatable bonds is 4. The van der Waals surface area contributed by atoms with Crippen molar-refractivity contribution in [3.63, 3.8) is 0 Å². The van der Waals surface area contributed by atoms with Crippen LogP contribution in [0.2, 0.25) is 0 Å². The lowest BCUT2D eigenvalue weighted by Crippen LogP contribution is -2.49. The molecular weight excluding hydrogens is 374 g/mol. The van der Waals surface area contributed by atoms with Gasteiger partial charge in [-0.1, -0.05) is 0 Å². The van der Waals surface area contributed by atoms with E-state index in [2.05, 4.69) is 0 Å². The highest BCUT2D eigenvalue weighted by molar-refractivity contribution is 8.01. The minimum atomic E-state index is -3.81. The van der Waals surface area contributed by atoms with Gasteiger partial charge in [-0.3, -0.25) is 0 Å². The van der Waals surface area contributed by atoms with E-state index in [1.165, 1.54) is 11.8 Å². The van der Waals surface area contributed by atoms with Gasteiger partial charge in [0.2, 0.25) is 0 Å². The average Bonchev–Trinajstić information content (AvgIpc) is 2.80. The van der Waals surface area contributed by atoms with E-state index < -0.39 is 25.2 Å². The fourth-order valence-electron chi connectivity index (χ4n) is 2.04. The Hall–Kier alpha value is 0.200. The maximum Gasteiger partial charge on any atom is 0.253 e. The molecule has 0 bridgehead atoms. The lowest BCUT2D eigenvalue weighted by molar-refractivity contribution is 0.406. The number of thioether (sulfide) groups is 1. The summed E-state index contributed by atoms with van der Waals surface area (Å²) >= 11 is 8.35. The van der Waals surface area contributed by atoms with E-state index in [0.717, 1.165) is 32.3 Å². The largest absolute Gasteiger partial charge is 0.253 e. The zero-order chi connectivity index (χ0) is 15.8. The van der Waals surface area contributed by atoms with E-state index in [9.17, 15) is 16.8 Å². The van der Waals surface area contributed by atoms with Crippen LogP contribution in [0.3, 0.4) is 0 Å². The molecule has 1 saturated heterocycles. The highest BCUT2D eigenvalue weighted by Gasteiger charge is 2.40. The average molecular weight is 390 g/mol. The van der Waals surface area contributed by atoms with E-state index in [1.807, 2.05) is 0 Å². The monoisotopic (exact) mass is 389 g/mol. The Kier molecular flexibility index (Phi) is 5.32. The second kappa shape index (κ2) is 6.37. The van der Waals surface area contributed by atoms with Crippen LogP contribution in [-0.4, -0.2) is 50.8 Å². The third kappa shape index (κ3) is 3.59. The summed E-state index contributed by atoms with van der Waals surface area (Å²) in [6.45, 7) is 2.01. The van der Waals surface area contributed by atoms with Crippen LogP contribution in [0.15, 0.2) is 10.3 Å². The molecule has 0 spiro atoms. The van der Waals surface area contributed by atoms with Crippen LogP contribution >= 0.6 is 34.7 Å². The van der Waals surface area contributed by atoms with Gasteiger partial charge in [-0.05, 0) is 18.6 Å². The zero-order valence-electron chi connectivity index (χ0n) is 11.6. The molecule has 1 atom stereocenters. The summed E-state index contributed by atoms with van der Waals surface area (Å²) in [6, 6.07) is 1.57. The van der Waals surface area contributed by atoms with E-state index in [0.29, 0.717) is 5.75 Å². The lowest BCUT2D eigenvalue weighted by atomic mass is 10.3. The summed E-state index contributed by atoms with van der Waals surface area (Å²) in [5.41, 5.74) is 0.816. The molecule has 1 aromatic heterocycles. The molecule has 1 fully saturated rings. The van der Waals surface area contributed by atoms with Crippen molar-refractivity contribution in [2.75, 3.05) is 24.3 Å². The number of aryl methyl sites for hydroxylation is 1. The molecule has 0 N–H and O–H groups in total. The topological polar surface area (TPSA) is 71.5 Å². The van der Waals surface area contributed by atoms with Gasteiger partial charge in [0.25, 0.3) is 10.0 Å². The van der Waals surface area contributed by atoms with Gasteiger partial charge in [-0.25, -0.2) is 16.8 Å². The maximum atomic E-state index is 12.7. The van der Waals surface area contributed by atoms with Crippen LogP contribution < -0.4 is 0 Å². The smallest absolute Gasteiger partial charge is 0.227 e. The van der Waals surface area contributed by atoms with Crippen molar-refractivity contribution in [2.45, 2.75) is 22.4 Å². The van der Waals surface area contributed by atoms with Gasteiger partial charge < -0.3 is 0 Å². The summed E-state index contributed by atoms with van der Waals surface area (Å²) in [6.07, 6.45) is 1.08. The third-order valence-corrected chi connectivity index (χ3v) is 10.0. The third-order valence-electron chi connectivity index (χ3n) is 3.21. The first-order valence-electron chi connectivity index (χ1n) is 6.11. The van der Waals surface area contributed by atoms with Gasteiger partial charge in [0.15, 0.2) is 9.84 Å². The zero-order valence-corrected chi connectivity index (χ0v) is 15.6. The summed E-state index contributed by atoms with van der Waals surface area (Å²) in [7, 11) is -7.28. The van der Waals surface area contributed by atoms with Crippen molar-refractivity contribution in [1.82, 2.24) is 4.31 Å². The predicted octanol–water partition coefficient (Wildman–Crippen LogP) is 1.90. The minimum Gasteiger partial charge on any atom is -0.227 e.